The van der Waals surface area contributed by atoms with Crippen LogP contribution in [0.3, 0.4) is 0 Å². The fraction of sp³-hybridized carbons (Fsp3) is 0.545. The molecule has 0 saturated carbocycles. The quantitative estimate of drug-likeness (QED) is 0.588. The van der Waals surface area contributed by atoms with E-state index in [0.29, 0.717) is 11.6 Å². The van der Waals surface area contributed by atoms with E-state index in [4.69, 9.17) is 11.6 Å². The van der Waals surface area contributed by atoms with Crippen LogP contribution in [0.1, 0.15) is 39.3 Å². The van der Waals surface area contributed by atoms with Crippen molar-refractivity contribution in [1.82, 2.24) is 4.98 Å². The summed E-state index contributed by atoms with van der Waals surface area (Å²) in [5.41, 5.74) is 8.42. The zero-order chi connectivity index (χ0) is 11.6. The summed E-state index contributed by atoms with van der Waals surface area (Å²) in [5, 5.41) is 1.68. The lowest BCUT2D eigenvalue weighted by molar-refractivity contribution is 0.695. The lowest BCUT2D eigenvalue weighted by atomic mass is 10.1. The maximum Gasteiger partial charge on any atom is 0.0968 e. The Labute approximate surface area is 91.3 Å². The van der Waals surface area contributed by atoms with Crippen LogP contribution in [0.15, 0.2) is 12.3 Å². The third-order valence-electron chi connectivity index (χ3n) is 2.35. The van der Waals surface area contributed by atoms with Gasteiger partial charge in [0.05, 0.1) is 17.1 Å². The Kier molecular flexibility index (Phi) is 3.52. The minimum atomic E-state index is 0.203. The lowest BCUT2D eigenvalue weighted by Gasteiger charge is -2.27. The Balaban J connectivity index is 3.24. The van der Waals surface area contributed by atoms with Crippen molar-refractivity contribution < 1.29 is 0 Å². The fourth-order valence-electron chi connectivity index (χ4n) is 1.45. The standard InChI is InChI=1S/C11H20N4/c1-7(2)10-11(15(13)8(3)4)9(12)5-6-14-10/h5-8H,13H2,1-4H3,(H2,12,14). The van der Waals surface area contributed by atoms with Gasteiger partial charge in [0.2, 0.25) is 0 Å². The molecule has 0 aliphatic carbocycles. The molecule has 0 aliphatic heterocycles. The van der Waals surface area contributed by atoms with Crippen LogP contribution in [0, 0.1) is 0 Å². The highest BCUT2D eigenvalue weighted by Gasteiger charge is 2.17. The molecule has 0 unspecified atom stereocenters. The minimum absolute atomic E-state index is 0.203. The number of hydrazine groups is 1. The van der Waals surface area contributed by atoms with Gasteiger partial charge in [-0.05, 0) is 25.8 Å². The highest BCUT2D eigenvalue weighted by Crippen LogP contribution is 2.30. The molecule has 0 amide bonds. The van der Waals surface area contributed by atoms with E-state index >= 15 is 0 Å². The molecule has 0 bridgehead atoms. The van der Waals surface area contributed by atoms with Gasteiger partial charge in [0.25, 0.3) is 0 Å². The van der Waals surface area contributed by atoms with Gasteiger partial charge in [-0.3, -0.25) is 4.98 Å². The average Bonchev–Trinajstić information content (AvgIpc) is 2.16. The second kappa shape index (κ2) is 4.49. The Morgan fingerprint density at radius 3 is 2.33 bits per heavy atom. The Morgan fingerprint density at radius 2 is 1.87 bits per heavy atom. The molecule has 0 atom stereocenters. The van der Waals surface area contributed by atoms with E-state index < -0.39 is 0 Å². The molecule has 0 radical (unpaired) electrons. The van der Waals surface area contributed by atoms with E-state index in [2.05, 4.69) is 18.8 Å². The summed E-state index contributed by atoms with van der Waals surface area (Å²) in [5.74, 6) is 6.30. The molecule has 0 saturated heterocycles. The van der Waals surface area contributed by atoms with Crippen molar-refractivity contribution in [2.45, 2.75) is 39.7 Å². The van der Waals surface area contributed by atoms with E-state index in [-0.39, 0.29) is 6.04 Å². The van der Waals surface area contributed by atoms with Crippen molar-refractivity contribution in [3.8, 4) is 0 Å². The SMILES string of the molecule is CC(C)c1nccc(N)c1N(N)C(C)C. The normalized spacial score (nSPS) is 11.1. The molecule has 1 aromatic heterocycles. The average molecular weight is 208 g/mol. The third-order valence-corrected chi connectivity index (χ3v) is 2.35. The molecule has 84 valence electrons. The smallest absolute Gasteiger partial charge is 0.0968 e. The number of anilines is 2. The van der Waals surface area contributed by atoms with Gasteiger partial charge in [-0.2, -0.15) is 0 Å². The van der Waals surface area contributed by atoms with Gasteiger partial charge in [0.15, 0.2) is 0 Å². The Bertz CT molecular complexity index is 333. The molecule has 4 heteroatoms. The molecular weight excluding hydrogens is 188 g/mol. The molecule has 4 N–H and O–H groups in total. The number of rotatable bonds is 3. The van der Waals surface area contributed by atoms with Crippen LogP contribution in [-0.4, -0.2) is 11.0 Å². The lowest BCUT2D eigenvalue weighted by Crippen LogP contribution is -2.39. The molecule has 15 heavy (non-hydrogen) atoms. The predicted molar refractivity (Wildman–Crippen MR) is 64.5 cm³/mol. The van der Waals surface area contributed by atoms with Crippen molar-refractivity contribution in [3.05, 3.63) is 18.0 Å². The van der Waals surface area contributed by atoms with Crippen LogP contribution in [0.4, 0.5) is 11.4 Å². The highest BCUT2D eigenvalue weighted by atomic mass is 15.4. The molecule has 1 aromatic rings. The second-order valence-electron chi connectivity index (χ2n) is 4.29. The molecule has 0 aromatic carbocycles. The van der Waals surface area contributed by atoms with Gasteiger partial charge in [-0.25, -0.2) is 5.84 Å². The zero-order valence-corrected chi connectivity index (χ0v) is 9.86. The minimum Gasteiger partial charge on any atom is -0.397 e. The van der Waals surface area contributed by atoms with Crippen LogP contribution in [0.5, 0.6) is 0 Å². The van der Waals surface area contributed by atoms with E-state index in [9.17, 15) is 0 Å². The van der Waals surface area contributed by atoms with E-state index in [0.717, 1.165) is 11.4 Å². The van der Waals surface area contributed by atoms with E-state index in [1.807, 2.05) is 13.8 Å². The van der Waals surface area contributed by atoms with Gasteiger partial charge >= 0.3 is 0 Å². The zero-order valence-electron chi connectivity index (χ0n) is 9.86. The first kappa shape index (κ1) is 11.8. The summed E-state index contributed by atoms with van der Waals surface area (Å²) in [6, 6.07) is 1.98. The number of aromatic nitrogens is 1. The summed E-state index contributed by atoms with van der Waals surface area (Å²) in [6.07, 6.45) is 1.72. The van der Waals surface area contributed by atoms with Crippen molar-refractivity contribution >= 4 is 11.4 Å². The van der Waals surface area contributed by atoms with Crippen molar-refractivity contribution in [3.63, 3.8) is 0 Å². The summed E-state index contributed by atoms with van der Waals surface area (Å²) in [7, 11) is 0. The number of nitrogen functional groups attached to an aromatic ring is 1. The number of hydrogen-bond acceptors (Lipinski definition) is 4. The van der Waals surface area contributed by atoms with E-state index in [1.54, 1.807) is 17.3 Å². The van der Waals surface area contributed by atoms with Crippen LogP contribution < -0.4 is 16.6 Å². The summed E-state index contributed by atoms with van der Waals surface area (Å²) >= 11 is 0. The topological polar surface area (TPSA) is 68.2 Å². The maximum atomic E-state index is 5.99. The summed E-state index contributed by atoms with van der Waals surface area (Å²) < 4.78 is 0. The van der Waals surface area contributed by atoms with Gasteiger partial charge in [0.1, 0.15) is 0 Å². The molecule has 0 aliphatic rings. The number of hydrogen-bond donors (Lipinski definition) is 2. The van der Waals surface area contributed by atoms with Crippen LogP contribution in [-0.2, 0) is 0 Å². The first-order chi connectivity index (χ1) is 6.95. The summed E-state index contributed by atoms with van der Waals surface area (Å²) in [4.78, 5) is 4.34. The molecule has 0 spiro atoms. The van der Waals surface area contributed by atoms with Crippen LogP contribution in [0.25, 0.3) is 0 Å². The largest absolute Gasteiger partial charge is 0.397 e. The Morgan fingerprint density at radius 1 is 1.27 bits per heavy atom. The van der Waals surface area contributed by atoms with Gasteiger partial charge in [-0.1, -0.05) is 13.8 Å². The molecule has 1 heterocycles. The molecular formula is C11H20N4. The van der Waals surface area contributed by atoms with Gasteiger partial charge < -0.3 is 10.7 Å². The summed E-state index contributed by atoms with van der Waals surface area (Å²) in [6.45, 7) is 8.21. The van der Waals surface area contributed by atoms with Crippen molar-refractivity contribution in [2.75, 3.05) is 10.7 Å². The number of nitrogens with two attached hydrogens (primary N) is 2. The van der Waals surface area contributed by atoms with Crippen molar-refractivity contribution in [2.24, 2.45) is 5.84 Å². The van der Waals surface area contributed by atoms with Gasteiger partial charge in [0, 0.05) is 12.2 Å². The van der Waals surface area contributed by atoms with Gasteiger partial charge in [-0.15, -0.1) is 0 Å². The maximum absolute atomic E-state index is 5.99. The van der Waals surface area contributed by atoms with Crippen LogP contribution >= 0.6 is 0 Å². The number of pyridine rings is 1. The predicted octanol–water partition coefficient (Wildman–Crippen LogP) is 1.88. The first-order valence-electron chi connectivity index (χ1n) is 5.23. The first-order valence-corrected chi connectivity index (χ1v) is 5.23. The second-order valence-corrected chi connectivity index (χ2v) is 4.29. The highest BCUT2D eigenvalue weighted by molar-refractivity contribution is 5.69. The number of nitrogens with zero attached hydrogens (tertiary/aromatic N) is 2. The molecule has 0 fully saturated rings. The van der Waals surface area contributed by atoms with Crippen molar-refractivity contribution in [1.29, 1.82) is 0 Å². The van der Waals surface area contributed by atoms with Crippen LogP contribution in [0.2, 0.25) is 0 Å². The molecule has 1 rings (SSSR count). The molecule has 4 nitrogen and oxygen atoms in total. The third kappa shape index (κ3) is 2.39. The Hall–Kier alpha value is -1.29. The van der Waals surface area contributed by atoms with E-state index in [1.165, 1.54) is 0 Å². The fourth-order valence-corrected chi connectivity index (χ4v) is 1.45. The monoisotopic (exact) mass is 208 g/mol.